The Balaban J connectivity index is 1.47. The number of methoxy groups -OCH3 is 1. The highest BCUT2D eigenvalue weighted by Gasteiger charge is 2.41. The molecule has 1 aromatic heterocycles. The normalized spacial score (nSPS) is 16.2. The fourth-order valence-electron chi connectivity index (χ4n) is 4.52. The first-order valence-electron chi connectivity index (χ1n) is 13.9. The summed E-state index contributed by atoms with van der Waals surface area (Å²) >= 11 is 0. The summed E-state index contributed by atoms with van der Waals surface area (Å²) in [5.41, 5.74) is 7.18. The van der Waals surface area contributed by atoms with Gasteiger partial charge in [-0.3, -0.25) is 10.7 Å². The predicted octanol–water partition coefficient (Wildman–Crippen LogP) is 5.89. The van der Waals surface area contributed by atoms with Gasteiger partial charge in [-0.1, -0.05) is 12.1 Å². The maximum absolute atomic E-state index is 6.24. The van der Waals surface area contributed by atoms with Gasteiger partial charge in [0.05, 0.1) is 23.4 Å². The molecule has 0 bridgehead atoms. The minimum atomic E-state index is -0.0355. The molecule has 3 N–H and O–H groups in total. The Morgan fingerprint density at radius 1 is 1.00 bits per heavy atom. The molecule has 220 valence electrons. The third-order valence-electron chi connectivity index (χ3n) is 6.60. The van der Waals surface area contributed by atoms with Gasteiger partial charge in [0.1, 0.15) is 42.9 Å². The topological polar surface area (TPSA) is 114 Å². The first-order chi connectivity index (χ1) is 20.2. The Labute approximate surface area is 246 Å². The number of hydrogen-bond acceptors (Lipinski definition) is 10. The van der Waals surface area contributed by atoms with E-state index in [1.165, 1.54) is 0 Å². The average Bonchev–Trinajstić information content (AvgIpc) is 3.69. The molecule has 0 aliphatic carbocycles. The number of ether oxygens (including phenoxy) is 4. The second kappa shape index (κ2) is 12.7. The molecule has 42 heavy (non-hydrogen) atoms. The summed E-state index contributed by atoms with van der Waals surface area (Å²) in [7, 11) is 1.65. The maximum Gasteiger partial charge on any atom is 0.165 e. The number of epoxide rings is 1. The number of benzene rings is 3. The van der Waals surface area contributed by atoms with Crippen LogP contribution < -0.4 is 25.5 Å². The van der Waals surface area contributed by atoms with Crippen LogP contribution in [0.5, 0.6) is 11.5 Å². The molecule has 1 aliphatic rings. The Morgan fingerprint density at radius 2 is 1.83 bits per heavy atom. The Hall–Kier alpha value is -4.25. The van der Waals surface area contributed by atoms with Gasteiger partial charge in [-0.15, -0.1) is 0 Å². The average molecular weight is 571 g/mol. The van der Waals surface area contributed by atoms with E-state index in [4.69, 9.17) is 28.9 Å². The zero-order valence-electron chi connectivity index (χ0n) is 24.7. The summed E-state index contributed by atoms with van der Waals surface area (Å²) in [5.74, 6) is 2.58. The van der Waals surface area contributed by atoms with Gasteiger partial charge in [0.25, 0.3) is 0 Å². The van der Waals surface area contributed by atoms with E-state index < -0.39 is 0 Å². The van der Waals surface area contributed by atoms with Gasteiger partial charge in [-0.05, 0) is 81.8 Å². The molecule has 0 saturated carbocycles. The number of rotatable bonds is 13. The quantitative estimate of drug-likeness (QED) is 0.0783. The van der Waals surface area contributed by atoms with Gasteiger partial charge in [0.2, 0.25) is 0 Å². The minimum absolute atomic E-state index is 0.0134. The lowest BCUT2D eigenvalue weighted by atomic mass is 10.1. The molecule has 1 saturated heterocycles. The predicted molar refractivity (Wildman–Crippen MR) is 167 cm³/mol. The summed E-state index contributed by atoms with van der Waals surface area (Å²) in [5, 5.41) is 11.5. The van der Waals surface area contributed by atoms with Crippen LogP contribution in [-0.4, -0.2) is 61.5 Å². The zero-order valence-corrected chi connectivity index (χ0v) is 24.7. The first kappa shape index (κ1) is 29.2. The van der Waals surface area contributed by atoms with Crippen LogP contribution in [0, 0.1) is 6.92 Å². The number of para-hydroxylation sites is 1. The van der Waals surface area contributed by atoms with Crippen molar-refractivity contribution < 1.29 is 18.9 Å². The van der Waals surface area contributed by atoms with E-state index in [-0.39, 0.29) is 17.9 Å². The van der Waals surface area contributed by atoms with Crippen LogP contribution >= 0.6 is 0 Å². The second-order valence-corrected chi connectivity index (χ2v) is 11.1. The van der Waals surface area contributed by atoms with Crippen molar-refractivity contribution in [3.05, 3.63) is 66.2 Å². The monoisotopic (exact) mass is 570 g/mol. The van der Waals surface area contributed by atoms with Crippen LogP contribution in [0.25, 0.3) is 22.3 Å². The lowest BCUT2D eigenvalue weighted by Gasteiger charge is -2.18. The molecule has 0 spiro atoms. The number of fused-ring (bicyclic) bond motifs is 1. The smallest absolute Gasteiger partial charge is 0.165 e. The van der Waals surface area contributed by atoms with Crippen LogP contribution in [0.2, 0.25) is 0 Å². The highest BCUT2D eigenvalue weighted by Crippen LogP contribution is 2.35. The van der Waals surface area contributed by atoms with Crippen LogP contribution in [-0.2, 0) is 9.47 Å². The zero-order chi connectivity index (χ0) is 29.7. The molecule has 4 aromatic rings. The summed E-state index contributed by atoms with van der Waals surface area (Å²) in [6.07, 6.45) is -0.0296. The molecule has 2 unspecified atom stereocenters. The number of hydrogen-bond donors (Lipinski definition) is 3. The summed E-state index contributed by atoms with van der Waals surface area (Å²) in [6, 6.07) is 19.5. The Kier molecular flexibility index (Phi) is 8.86. The van der Waals surface area contributed by atoms with Crippen molar-refractivity contribution >= 4 is 34.8 Å². The van der Waals surface area contributed by atoms with Gasteiger partial charge in [-0.25, -0.2) is 9.97 Å². The number of anilines is 3. The molecular weight excluding hydrogens is 532 g/mol. The fourth-order valence-corrected chi connectivity index (χ4v) is 4.52. The van der Waals surface area contributed by atoms with Gasteiger partial charge in [-0.2, -0.15) is 5.10 Å². The summed E-state index contributed by atoms with van der Waals surface area (Å²) in [6.45, 7) is 13.2. The molecule has 2 atom stereocenters. The number of hydrazone groups is 1. The van der Waals surface area contributed by atoms with Crippen molar-refractivity contribution in [2.24, 2.45) is 5.10 Å². The summed E-state index contributed by atoms with van der Waals surface area (Å²) < 4.78 is 23.0. The standard InChI is InChI=1S/C32H38N6O4/c1-20-17-21(11-13-25(20)38-33-5)34-30-24-18-22(40-16-15-39-6)12-14-26(24)35-29(36-30)23-9-7-8-10-27(23)41-19-28-31(42-28)37-32(2,3)4/h7-14,17-18,28,31,37-38H,5,15-16,19H2,1-4,6H3,(H,34,35,36). The van der Waals surface area contributed by atoms with Crippen LogP contribution in [0.1, 0.15) is 26.3 Å². The van der Waals surface area contributed by atoms with Crippen molar-refractivity contribution in [2.75, 3.05) is 37.7 Å². The lowest BCUT2D eigenvalue weighted by Crippen LogP contribution is -2.39. The van der Waals surface area contributed by atoms with Gasteiger partial charge < -0.3 is 24.3 Å². The molecule has 3 aromatic carbocycles. The summed E-state index contributed by atoms with van der Waals surface area (Å²) in [4.78, 5) is 9.91. The molecule has 1 fully saturated rings. The SMILES string of the molecule is C=NNc1ccc(Nc2nc(-c3ccccc3OCC3OC3NC(C)(C)C)nc3ccc(OCCOC)cc23)cc1C. The molecule has 10 heteroatoms. The number of nitrogens with zero attached hydrogens (tertiary/aromatic N) is 3. The van der Waals surface area contributed by atoms with E-state index in [0.717, 1.165) is 33.4 Å². The van der Waals surface area contributed by atoms with E-state index >= 15 is 0 Å². The van der Waals surface area contributed by atoms with E-state index in [1.807, 2.05) is 67.6 Å². The molecule has 2 heterocycles. The van der Waals surface area contributed by atoms with Crippen molar-refractivity contribution in [1.29, 1.82) is 0 Å². The molecule has 10 nitrogen and oxygen atoms in total. The van der Waals surface area contributed by atoms with Gasteiger partial charge in [0, 0.05) is 30.4 Å². The third kappa shape index (κ3) is 7.33. The van der Waals surface area contributed by atoms with Gasteiger partial charge >= 0.3 is 0 Å². The lowest BCUT2D eigenvalue weighted by molar-refractivity contribution is 0.146. The Bertz CT molecular complexity index is 1550. The number of aromatic nitrogens is 2. The van der Waals surface area contributed by atoms with Crippen molar-refractivity contribution in [3.8, 4) is 22.9 Å². The van der Waals surface area contributed by atoms with Crippen molar-refractivity contribution in [2.45, 2.75) is 45.6 Å². The molecule has 0 radical (unpaired) electrons. The highest BCUT2D eigenvalue weighted by atomic mass is 16.6. The second-order valence-electron chi connectivity index (χ2n) is 11.1. The van der Waals surface area contributed by atoms with Crippen molar-refractivity contribution in [3.63, 3.8) is 0 Å². The van der Waals surface area contributed by atoms with Crippen LogP contribution in [0.4, 0.5) is 17.2 Å². The number of nitrogens with one attached hydrogen (secondary N) is 3. The molecule has 1 aliphatic heterocycles. The van der Waals surface area contributed by atoms with Crippen LogP contribution in [0.3, 0.4) is 0 Å². The maximum atomic E-state index is 6.24. The molecular formula is C32H38N6O4. The number of aryl methyl sites for hydroxylation is 1. The van der Waals surface area contributed by atoms with E-state index in [2.05, 4.69) is 48.6 Å². The van der Waals surface area contributed by atoms with Crippen LogP contribution in [0.15, 0.2) is 65.8 Å². The minimum Gasteiger partial charge on any atom is -0.491 e. The highest BCUT2D eigenvalue weighted by molar-refractivity contribution is 5.93. The van der Waals surface area contributed by atoms with E-state index in [1.54, 1.807) is 7.11 Å². The molecule has 0 amide bonds. The Morgan fingerprint density at radius 3 is 2.60 bits per heavy atom. The largest absolute Gasteiger partial charge is 0.491 e. The van der Waals surface area contributed by atoms with E-state index in [0.29, 0.717) is 43.0 Å². The van der Waals surface area contributed by atoms with Crippen molar-refractivity contribution in [1.82, 2.24) is 15.3 Å². The fraction of sp³-hybridized carbons (Fsp3) is 0.344. The first-order valence-corrected chi connectivity index (χ1v) is 13.9. The third-order valence-corrected chi connectivity index (χ3v) is 6.60. The van der Waals surface area contributed by atoms with Gasteiger partial charge in [0.15, 0.2) is 5.82 Å². The molecule has 5 rings (SSSR count). The van der Waals surface area contributed by atoms with E-state index in [9.17, 15) is 0 Å².